The Kier molecular flexibility index (Phi) is 5.46. The molecule has 2 aromatic carbocycles. The number of benzene rings is 2. The Hall–Kier alpha value is -2.20. The van der Waals surface area contributed by atoms with Crippen LogP contribution < -0.4 is 14.8 Å². The number of aliphatic hydroxyl groups excluding tert-OH is 1. The molecule has 4 heteroatoms. The molecular formula is C17H21NO3. The molecule has 0 fully saturated rings. The quantitative estimate of drug-likeness (QED) is 0.822. The van der Waals surface area contributed by atoms with E-state index in [4.69, 9.17) is 9.47 Å². The first-order valence-electron chi connectivity index (χ1n) is 6.93. The summed E-state index contributed by atoms with van der Waals surface area (Å²) in [5.74, 6) is 1.59. The number of nitrogens with one attached hydrogen (secondary N) is 1. The molecule has 1 unspecified atom stereocenters. The van der Waals surface area contributed by atoms with Crippen molar-refractivity contribution in [2.45, 2.75) is 13.0 Å². The summed E-state index contributed by atoms with van der Waals surface area (Å²) in [6.07, 6.45) is -0.577. The van der Waals surface area contributed by atoms with Crippen molar-refractivity contribution in [2.24, 2.45) is 0 Å². The molecule has 1 atom stereocenters. The summed E-state index contributed by atoms with van der Waals surface area (Å²) < 4.78 is 10.7. The van der Waals surface area contributed by atoms with Crippen molar-refractivity contribution >= 4 is 5.69 Å². The Morgan fingerprint density at radius 1 is 1.10 bits per heavy atom. The monoisotopic (exact) mass is 287 g/mol. The molecule has 2 aromatic rings. The van der Waals surface area contributed by atoms with Gasteiger partial charge in [0.25, 0.3) is 0 Å². The minimum absolute atomic E-state index is 0.256. The number of ether oxygens (including phenoxy) is 2. The summed E-state index contributed by atoms with van der Waals surface area (Å²) in [4.78, 5) is 0. The van der Waals surface area contributed by atoms with Crippen LogP contribution in [0.2, 0.25) is 0 Å². The SMILES string of the molecule is COc1ccc(NCC(O)COc2ccccc2)c(C)c1. The van der Waals surface area contributed by atoms with E-state index in [1.807, 2.05) is 55.5 Å². The van der Waals surface area contributed by atoms with Crippen LogP contribution in [0, 0.1) is 6.92 Å². The molecule has 0 amide bonds. The van der Waals surface area contributed by atoms with Crippen molar-refractivity contribution in [1.82, 2.24) is 0 Å². The van der Waals surface area contributed by atoms with E-state index in [9.17, 15) is 5.11 Å². The van der Waals surface area contributed by atoms with E-state index < -0.39 is 6.10 Å². The average molecular weight is 287 g/mol. The Morgan fingerprint density at radius 2 is 1.86 bits per heavy atom. The van der Waals surface area contributed by atoms with Gasteiger partial charge in [-0.15, -0.1) is 0 Å². The van der Waals surface area contributed by atoms with Crippen molar-refractivity contribution in [3.05, 3.63) is 54.1 Å². The van der Waals surface area contributed by atoms with E-state index in [1.54, 1.807) is 7.11 Å². The van der Waals surface area contributed by atoms with Crippen LogP contribution >= 0.6 is 0 Å². The van der Waals surface area contributed by atoms with E-state index in [1.165, 1.54) is 0 Å². The number of aliphatic hydroxyl groups is 1. The third-order valence-electron chi connectivity index (χ3n) is 3.15. The Morgan fingerprint density at radius 3 is 2.52 bits per heavy atom. The Labute approximate surface area is 125 Å². The molecule has 0 aromatic heterocycles. The first-order chi connectivity index (χ1) is 10.2. The zero-order valence-corrected chi connectivity index (χ0v) is 12.4. The van der Waals surface area contributed by atoms with E-state index in [2.05, 4.69) is 5.32 Å². The molecule has 0 saturated heterocycles. The number of methoxy groups -OCH3 is 1. The Balaban J connectivity index is 1.80. The van der Waals surface area contributed by atoms with Crippen LogP contribution in [0.1, 0.15) is 5.56 Å². The molecule has 0 bridgehead atoms. The van der Waals surface area contributed by atoms with Crippen LogP contribution in [0.3, 0.4) is 0 Å². The number of hydrogen-bond donors (Lipinski definition) is 2. The molecule has 2 N–H and O–H groups in total. The topological polar surface area (TPSA) is 50.7 Å². The standard InChI is InChI=1S/C17H21NO3/c1-13-10-16(20-2)8-9-17(13)18-11-14(19)12-21-15-6-4-3-5-7-15/h3-10,14,18-19H,11-12H2,1-2H3. The van der Waals surface area contributed by atoms with Gasteiger partial charge in [0.1, 0.15) is 24.2 Å². The molecule has 0 aliphatic rings. The van der Waals surface area contributed by atoms with Gasteiger partial charge in [-0.1, -0.05) is 18.2 Å². The maximum atomic E-state index is 9.95. The summed E-state index contributed by atoms with van der Waals surface area (Å²) in [6.45, 7) is 2.68. The predicted octanol–water partition coefficient (Wildman–Crippen LogP) is 2.86. The molecule has 0 saturated carbocycles. The van der Waals surface area contributed by atoms with E-state index >= 15 is 0 Å². The third kappa shape index (κ3) is 4.68. The fourth-order valence-electron chi connectivity index (χ4n) is 1.96. The lowest BCUT2D eigenvalue weighted by atomic mass is 10.2. The zero-order chi connectivity index (χ0) is 15.1. The predicted molar refractivity (Wildman–Crippen MR) is 84.2 cm³/mol. The molecule has 0 heterocycles. The van der Waals surface area contributed by atoms with Gasteiger partial charge in [-0.3, -0.25) is 0 Å². The van der Waals surface area contributed by atoms with E-state index in [-0.39, 0.29) is 6.61 Å². The van der Waals surface area contributed by atoms with Crippen molar-refractivity contribution in [1.29, 1.82) is 0 Å². The second-order valence-corrected chi connectivity index (χ2v) is 4.84. The molecular weight excluding hydrogens is 266 g/mol. The van der Waals surface area contributed by atoms with Crippen molar-refractivity contribution in [3.63, 3.8) is 0 Å². The number of rotatable bonds is 7. The lowest BCUT2D eigenvalue weighted by Gasteiger charge is -2.15. The Bertz CT molecular complexity index is 557. The highest BCUT2D eigenvalue weighted by Gasteiger charge is 2.07. The highest BCUT2D eigenvalue weighted by Crippen LogP contribution is 2.20. The van der Waals surface area contributed by atoms with E-state index in [0.29, 0.717) is 6.54 Å². The molecule has 21 heavy (non-hydrogen) atoms. The summed E-state index contributed by atoms with van der Waals surface area (Å²) in [6, 6.07) is 15.3. The normalized spacial score (nSPS) is 11.8. The van der Waals surface area contributed by atoms with Crippen LogP contribution in [0.25, 0.3) is 0 Å². The largest absolute Gasteiger partial charge is 0.497 e. The van der Waals surface area contributed by atoms with Gasteiger partial charge in [0.2, 0.25) is 0 Å². The van der Waals surface area contributed by atoms with Crippen molar-refractivity contribution < 1.29 is 14.6 Å². The molecule has 4 nitrogen and oxygen atoms in total. The number of para-hydroxylation sites is 1. The van der Waals surface area contributed by atoms with Crippen molar-refractivity contribution in [2.75, 3.05) is 25.6 Å². The smallest absolute Gasteiger partial charge is 0.119 e. The number of hydrogen-bond acceptors (Lipinski definition) is 4. The lowest BCUT2D eigenvalue weighted by Crippen LogP contribution is -2.26. The summed E-state index contributed by atoms with van der Waals surface area (Å²) in [5, 5.41) is 13.2. The minimum Gasteiger partial charge on any atom is -0.497 e. The third-order valence-corrected chi connectivity index (χ3v) is 3.15. The van der Waals surface area contributed by atoms with Gasteiger partial charge < -0.3 is 19.9 Å². The number of anilines is 1. The van der Waals surface area contributed by atoms with Crippen LogP contribution in [-0.2, 0) is 0 Å². The summed E-state index contributed by atoms with van der Waals surface area (Å²) in [7, 11) is 1.65. The minimum atomic E-state index is -0.577. The van der Waals surface area contributed by atoms with Gasteiger partial charge in [-0.05, 0) is 42.8 Å². The number of aryl methyl sites for hydroxylation is 1. The zero-order valence-electron chi connectivity index (χ0n) is 12.4. The van der Waals surface area contributed by atoms with Crippen LogP contribution in [-0.4, -0.2) is 31.5 Å². The average Bonchev–Trinajstić information content (AvgIpc) is 2.52. The molecule has 0 radical (unpaired) electrons. The summed E-state index contributed by atoms with van der Waals surface area (Å²) >= 11 is 0. The molecule has 2 rings (SSSR count). The maximum Gasteiger partial charge on any atom is 0.119 e. The van der Waals surface area contributed by atoms with Crippen LogP contribution in [0.4, 0.5) is 5.69 Å². The van der Waals surface area contributed by atoms with Gasteiger partial charge in [0, 0.05) is 12.2 Å². The van der Waals surface area contributed by atoms with Gasteiger partial charge in [0.15, 0.2) is 0 Å². The first kappa shape index (κ1) is 15.2. The van der Waals surface area contributed by atoms with Gasteiger partial charge >= 0.3 is 0 Å². The second kappa shape index (κ2) is 7.55. The second-order valence-electron chi connectivity index (χ2n) is 4.84. The van der Waals surface area contributed by atoms with E-state index in [0.717, 1.165) is 22.7 Å². The lowest BCUT2D eigenvalue weighted by molar-refractivity contribution is 0.117. The first-order valence-corrected chi connectivity index (χ1v) is 6.93. The molecule has 0 spiro atoms. The van der Waals surface area contributed by atoms with Gasteiger partial charge in [0.05, 0.1) is 7.11 Å². The molecule has 112 valence electrons. The van der Waals surface area contributed by atoms with Crippen LogP contribution in [0.15, 0.2) is 48.5 Å². The fourth-order valence-corrected chi connectivity index (χ4v) is 1.96. The van der Waals surface area contributed by atoms with Gasteiger partial charge in [-0.25, -0.2) is 0 Å². The molecule has 0 aliphatic carbocycles. The summed E-state index contributed by atoms with van der Waals surface area (Å²) in [5.41, 5.74) is 2.06. The molecule has 0 aliphatic heterocycles. The van der Waals surface area contributed by atoms with Crippen molar-refractivity contribution in [3.8, 4) is 11.5 Å². The fraction of sp³-hybridized carbons (Fsp3) is 0.294. The highest BCUT2D eigenvalue weighted by atomic mass is 16.5. The van der Waals surface area contributed by atoms with Gasteiger partial charge in [-0.2, -0.15) is 0 Å². The maximum absolute atomic E-state index is 9.95. The van der Waals surface area contributed by atoms with Crippen LogP contribution in [0.5, 0.6) is 11.5 Å². The highest BCUT2D eigenvalue weighted by molar-refractivity contribution is 5.53.